The molecular formula is C18H17ClN2O3S. The van der Waals surface area contributed by atoms with Crippen molar-refractivity contribution in [2.45, 2.75) is 17.9 Å². The van der Waals surface area contributed by atoms with Crippen LogP contribution in [0.4, 0.5) is 0 Å². The second-order valence-electron chi connectivity index (χ2n) is 5.39. The Hall–Kier alpha value is -2.18. The third-order valence-electron chi connectivity index (χ3n) is 3.64. The highest BCUT2D eigenvalue weighted by Crippen LogP contribution is 2.19. The molecule has 0 bridgehead atoms. The Morgan fingerprint density at radius 3 is 2.72 bits per heavy atom. The van der Waals surface area contributed by atoms with E-state index in [1.807, 2.05) is 30.3 Å². The zero-order chi connectivity index (χ0) is 17.6. The zero-order valence-electron chi connectivity index (χ0n) is 13.4. The van der Waals surface area contributed by atoms with Crippen LogP contribution in [0.5, 0.6) is 0 Å². The van der Waals surface area contributed by atoms with Gasteiger partial charge in [-0.15, -0.1) is 11.8 Å². The molecule has 25 heavy (non-hydrogen) atoms. The lowest BCUT2D eigenvalue weighted by Gasteiger charge is -2.06. The first-order valence-corrected chi connectivity index (χ1v) is 9.23. The van der Waals surface area contributed by atoms with Crippen molar-refractivity contribution >= 4 is 40.4 Å². The molecule has 0 fully saturated rings. The van der Waals surface area contributed by atoms with Gasteiger partial charge in [-0.25, -0.2) is 4.79 Å². The fraction of sp³-hybridized carbons (Fsp3) is 0.222. The van der Waals surface area contributed by atoms with Crippen molar-refractivity contribution < 1.29 is 9.21 Å². The number of hydrogen-bond acceptors (Lipinski definition) is 4. The number of fused-ring (bicyclic) bond motifs is 1. The van der Waals surface area contributed by atoms with Crippen LogP contribution >= 0.6 is 23.4 Å². The number of halogens is 1. The van der Waals surface area contributed by atoms with Gasteiger partial charge in [0.1, 0.15) is 0 Å². The summed E-state index contributed by atoms with van der Waals surface area (Å²) in [5.41, 5.74) is 1.24. The van der Waals surface area contributed by atoms with Crippen LogP contribution in [0.15, 0.2) is 62.6 Å². The Morgan fingerprint density at radius 2 is 1.92 bits per heavy atom. The molecule has 1 heterocycles. The number of para-hydroxylation sites is 2. The van der Waals surface area contributed by atoms with E-state index in [4.69, 9.17) is 16.0 Å². The Morgan fingerprint density at radius 1 is 1.16 bits per heavy atom. The molecule has 130 valence electrons. The first-order valence-electron chi connectivity index (χ1n) is 7.87. The zero-order valence-corrected chi connectivity index (χ0v) is 15.0. The van der Waals surface area contributed by atoms with E-state index < -0.39 is 5.76 Å². The van der Waals surface area contributed by atoms with Crippen molar-refractivity contribution in [2.24, 2.45) is 0 Å². The third-order valence-corrected chi connectivity index (χ3v) is 4.91. The van der Waals surface area contributed by atoms with Crippen LogP contribution in [0.2, 0.25) is 5.02 Å². The monoisotopic (exact) mass is 376 g/mol. The minimum Gasteiger partial charge on any atom is -0.408 e. The summed E-state index contributed by atoms with van der Waals surface area (Å²) in [4.78, 5) is 24.9. The molecule has 1 N–H and O–H groups in total. The maximum atomic E-state index is 12.0. The van der Waals surface area contributed by atoms with Crippen molar-refractivity contribution in [1.29, 1.82) is 0 Å². The van der Waals surface area contributed by atoms with E-state index in [1.54, 1.807) is 30.0 Å². The summed E-state index contributed by atoms with van der Waals surface area (Å²) in [6.07, 6.45) is 0.231. The minimum absolute atomic E-state index is 0.0890. The van der Waals surface area contributed by atoms with Crippen LogP contribution in [-0.2, 0) is 11.3 Å². The van der Waals surface area contributed by atoms with Crippen molar-refractivity contribution in [3.63, 3.8) is 0 Å². The maximum absolute atomic E-state index is 12.0. The fourth-order valence-electron chi connectivity index (χ4n) is 2.42. The van der Waals surface area contributed by atoms with E-state index in [9.17, 15) is 9.59 Å². The Balaban J connectivity index is 1.44. The van der Waals surface area contributed by atoms with E-state index in [0.29, 0.717) is 29.2 Å². The average Bonchev–Trinajstić information content (AvgIpc) is 2.93. The smallest absolute Gasteiger partial charge is 0.408 e. The van der Waals surface area contributed by atoms with Gasteiger partial charge in [-0.05, 0) is 36.4 Å². The number of amides is 1. The van der Waals surface area contributed by atoms with E-state index >= 15 is 0 Å². The van der Waals surface area contributed by atoms with E-state index in [2.05, 4.69) is 5.32 Å². The first-order chi connectivity index (χ1) is 12.1. The number of rotatable bonds is 7. The highest BCUT2D eigenvalue weighted by molar-refractivity contribution is 7.99. The molecule has 0 spiro atoms. The van der Waals surface area contributed by atoms with Gasteiger partial charge in [0.15, 0.2) is 5.58 Å². The molecule has 0 aliphatic carbocycles. The summed E-state index contributed by atoms with van der Waals surface area (Å²) in [5, 5.41) is 3.57. The summed E-state index contributed by atoms with van der Waals surface area (Å²) >= 11 is 7.49. The molecule has 0 atom stereocenters. The maximum Gasteiger partial charge on any atom is 0.419 e. The van der Waals surface area contributed by atoms with E-state index in [1.165, 1.54) is 4.57 Å². The summed E-state index contributed by atoms with van der Waals surface area (Å²) in [6, 6.07) is 14.8. The summed E-state index contributed by atoms with van der Waals surface area (Å²) in [6.45, 7) is 0.860. The molecule has 0 saturated carbocycles. The van der Waals surface area contributed by atoms with Crippen molar-refractivity contribution in [1.82, 2.24) is 9.88 Å². The van der Waals surface area contributed by atoms with Crippen LogP contribution in [-0.4, -0.2) is 22.8 Å². The molecule has 7 heteroatoms. The number of benzene rings is 2. The number of nitrogens with one attached hydrogen (secondary N) is 1. The topological polar surface area (TPSA) is 64.2 Å². The van der Waals surface area contributed by atoms with Gasteiger partial charge < -0.3 is 9.73 Å². The number of nitrogens with zero attached hydrogens (tertiary/aromatic N) is 1. The molecule has 0 aliphatic rings. The lowest BCUT2D eigenvalue weighted by atomic mass is 10.3. The lowest BCUT2D eigenvalue weighted by molar-refractivity contribution is -0.121. The molecule has 2 aromatic carbocycles. The van der Waals surface area contributed by atoms with Crippen molar-refractivity contribution in [3.05, 3.63) is 64.1 Å². The first kappa shape index (κ1) is 17.6. The number of thioether (sulfide) groups is 1. The highest BCUT2D eigenvalue weighted by atomic mass is 35.5. The minimum atomic E-state index is -0.438. The van der Waals surface area contributed by atoms with Crippen LogP contribution in [0.1, 0.15) is 6.42 Å². The number of carbonyl (C=O) groups excluding carboxylic acids is 1. The standard InChI is InChI=1S/C18H17ClN2O3S/c19-13-5-7-14(8-6-13)25-12-10-20-17(22)9-11-21-15-3-1-2-4-16(15)24-18(21)23/h1-8H,9-12H2,(H,20,22). The SMILES string of the molecule is O=C(CCn1c(=O)oc2ccccc21)NCCSc1ccc(Cl)cc1. The van der Waals surface area contributed by atoms with Crippen molar-refractivity contribution in [2.75, 3.05) is 12.3 Å². The van der Waals surface area contributed by atoms with Gasteiger partial charge in [-0.2, -0.15) is 0 Å². The normalized spacial score (nSPS) is 10.9. The van der Waals surface area contributed by atoms with Gasteiger partial charge in [0.05, 0.1) is 5.52 Å². The van der Waals surface area contributed by atoms with E-state index in [-0.39, 0.29) is 12.3 Å². The molecule has 5 nitrogen and oxygen atoms in total. The summed E-state index contributed by atoms with van der Waals surface area (Å²) in [7, 11) is 0. The second-order valence-corrected chi connectivity index (χ2v) is 6.99. The number of aryl methyl sites for hydroxylation is 1. The average molecular weight is 377 g/mol. The van der Waals surface area contributed by atoms with Gasteiger partial charge in [0.2, 0.25) is 5.91 Å². The Kier molecular flexibility index (Phi) is 5.83. The molecule has 0 unspecified atom stereocenters. The summed E-state index contributed by atoms with van der Waals surface area (Å²) < 4.78 is 6.63. The van der Waals surface area contributed by atoms with Gasteiger partial charge in [0, 0.05) is 35.2 Å². The molecule has 0 radical (unpaired) electrons. The molecule has 0 saturated heterocycles. The largest absolute Gasteiger partial charge is 0.419 e. The highest BCUT2D eigenvalue weighted by Gasteiger charge is 2.10. The quantitative estimate of drug-likeness (QED) is 0.506. The van der Waals surface area contributed by atoms with Gasteiger partial charge in [-0.3, -0.25) is 9.36 Å². The Labute approximate surface area is 154 Å². The predicted octanol–water partition coefficient (Wildman–Crippen LogP) is 3.55. The second kappa shape index (κ2) is 8.27. The van der Waals surface area contributed by atoms with Gasteiger partial charge in [0.25, 0.3) is 0 Å². The van der Waals surface area contributed by atoms with Gasteiger partial charge >= 0.3 is 5.76 Å². The predicted molar refractivity (Wildman–Crippen MR) is 100 cm³/mol. The molecule has 1 amide bonds. The summed E-state index contributed by atoms with van der Waals surface area (Å²) in [5.74, 6) is 0.239. The molecule has 0 aliphatic heterocycles. The number of hydrogen-bond donors (Lipinski definition) is 1. The van der Waals surface area contributed by atoms with Crippen LogP contribution in [0.25, 0.3) is 11.1 Å². The number of carbonyl (C=O) groups is 1. The molecular weight excluding hydrogens is 360 g/mol. The molecule has 1 aromatic heterocycles. The molecule has 3 rings (SSSR count). The fourth-order valence-corrected chi connectivity index (χ4v) is 3.31. The lowest BCUT2D eigenvalue weighted by Crippen LogP contribution is -2.27. The van der Waals surface area contributed by atoms with Gasteiger partial charge in [-0.1, -0.05) is 23.7 Å². The third kappa shape index (κ3) is 4.67. The van der Waals surface area contributed by atoms with E-state index in [0.717, 1.165) is 10.6 Å². The van der Waals surface area contributed by atoms with Crippen LogP contribution in [0.3, 0.4) is 0 Å². The number of oxazole rings is 1. The number of aromatic nitrogens is 1. The molecule has 3 aromatic rings. The van der Waals surface area contributed by atoms with Crippen molar-refractivity contribution in [3.8, 4) is 0 Å². The van der Waals surface area contributed by atoms with Crippen LogP contribution < -0.4 is 11.1 Å². The van der Waals surface area contributed by atoms with Crippen LogP contribution in [0, 0.1) is 0 Å². The Bertz CT molecular complexity index is 918.